The summed E-state index contributed by atoms with van der Waals surface area (Å²) in [5.74, 6) is -0.558. The summed E-state index contributed by atoms with van der Waals surface area (Å²) >= 11 is 0. The molecule has 0 heterocycles. The van der Waals surface area contributed by atoms with Crippen molar-refractivity contribution >= 4 is 28.9 Å². The van der Waals surface area contributed by atoms with Crippen LogP contribution in [0.5, 0.6) is 0 Å². The third kappa shape index (κ3) is 13.4. The van der Waals surface area contributed by atoms with Crippen molar-refractivity contribution in [3.05, 3.63) is 0 Å². The smallest absolute Gasteiger partial charge is 0.394 e. The molecule has 0 spiro atoms. The minimum absolute atomic E-state index is 0.0791. The van der Waals surface area contributed by atoms with Crippen LogP contribution in [0.1, 0.15) is 6.92 Å². The molecule has 0 aromatic rings. The van der Waals surface area contributed by atoms with Gasteiger partial charge >= 0.3 is 10.4 Å². The van der Waals surface area contributed by atoms with Crippen LogP contribution in [-0.2, 0) is 29.0 Å². The number of aliphatic hydroxyl groups is 8. The average molecular weight is 481 g/mol. The van der Waals surface area contributed by atoms with E-state index in [-0.39, 0.29) is 12.6 Å². The molecule has 184 valence electrons. The maximum Gasteiger partial charge on any atom is 0.397 e. The van der Waals surface area contributed by atoms with Crippen LogP contribution in [0.4, 0.5) is 0 Å². The molecule has 0 aromatic heterocycles. The van der Waals surface area contributed by atoms with Gasteiger partial charge in [-0.1, -0.05) is 0 Å². The maximum absolute atomic E-state index is 10.6. The van der Waals surface area contributed by atoms with Crippen LogP contribution in [0.15, 0.2) is 0 Å². The van der Waals surface area contributed by atoms with Crippen LogP contribution < -0.4 is 5.32 Å². The molecular weight excluding hydrogens is 454 g/mol. The van der Waals surface area contributed by atoms with Gasteiger partial charge in [0, 0.05) is 6.92 Å². The van der Waals surface area contributed by atoms with E-state index in [0.717, 1.165) is 6.92 Å². The first kappa shape index (κ1) is 31.5. The maximum atomic E-state index is 10.6. The highest BCUT2D eigenvalue weighted by molar-refractivity contribution is 7.80. The summed E-state index contributed by atoms with van der Waals surface area (Å²) in [5, 5.41) is 74.1. The van der Waals surface area contributed by atoms with Crippen molar-refractivity contribution < 1.29 is 72.4 Å². The Morgan fingerprint density at radius 1 is 0.903 bits per heavy atom. The predicted octanol–water partition coefficient (Wildman–Crippen LogP) is -6.79. The van der Waals surface area contributed by atoms with Gasteiger partial charge in [0.2, 0.25) is 5.91 Å². The Bertz CT molecular complexity index is 644. The number of rotatable bonds is 13. The van der Waals surface area contributed by atoms with Crippen molar-refractivity contribution in [3.8, 4) is 0 Å². The third-order valence-corrected chi connectivity index (χ3v) is 3.87. The second-order valence-corrected chi connectivity index (χ2v) is 7.07. The summed E-state index contributed by atoms with van der Waals surface area (Å²) in [6.07, 6.45) is -12.7. The molecule has 0 radical (unpaired) electrons. The van der Waals surface area contributed by atoms with Gasteiger partial charge in [0.25, 0.3) is 0 Å². The molecule has 1 amide bonds. The Balaban J connectivity index is 0. The SMILES string of the molecule is CC(=O)N[C@H](C=O)[C@@H](O)[C@H](O)[C@H](O)CO.O=C[C@H](O)[C@@H](O)[C@H](O)[C@H](O)COS(=O)(=O)O. The van der Waals surface area contributed by atoms with Gasteiger partial charge in [0.1, 0.15) is 55.1 Å². The topological polar surface area (TPSA) is 289 Å². The van der Waals surface area contributed by atoms with E-state index in [1.807, 2.05) is 0 Å². The minimum Gasteiger partial charge on any atom is -0.394 e. The Morgan fingerprint density at radius 3 is 1.74 bits per heavy atom. The van der Waals surface area contributed by atoms with Crippen LogP contribution in [-0.4, -0.2) is 134 Å². The normalized spacial score (nSPS) is 19.3. The fourth-order valence-corrected chi connectivity index (χ4v) is 2.06. The van der Waals surface area contributed by atoms with E-state index in [4.69, 9.17) is 35.2 Å². The monoisotopic (exact) mass is 481 g/mol. The summed E-state index contributed by atoms with van der Waals surface area (Å²) in [6.45, 7) is -0.662. The summed E-state index contributed by atoms with van der Waals surface area (Å²) < 4.78 is 32.0. The zero-order valence-electron chi connectivity index (χ0n) is 16.1. The molecule has 10 N–H and O–H groups in total. The number of carbonyl (C=O) groups excluding carboxylic acids is 3. The van der Waals surface area contributed by atoms with E-state index in [0.29, 0.717) is 0 Å². The van der Waals surface area contributed by atoms with Crippen LogP contribution in [0.25, 0.3) is 0 Å². The van der Waals surface area contributed by atoms with Crippen molar-refractivity contribution in [2.75, 3.05) is 13.2 Å². The van der Waals surface area contributed by atoms with Crippen LogP contribution in [0.2, 0.25) is 0 Å². The van der Waals surface area contributed by atoms with Crippen molar-refractivity contribution in [3.63, 3.8) is 0 Å². The largest absolute Gasteiger partial charge is 0.397 e. The molecule has 0 aromatic carbocycles. The number of carbonyl (C=O) groups is 3. The minimum atomic E-state index is -4.79. The molecule has 8 atom stereocenters. The molecule has 16 nitrogen and oxygen atoms in total. The van der Waals surface area contributed by atoms with E-state index in [2.05, 4.69) is 9.50 Å². The lowest BCUT2D eigenvalue weighted by Gasteiger charge is -2.25. The number of nitrogens with one attached hydrogen (secondary N) is 1. The van der Waals surface area contributed by atoms with Crippen molar-refractivity contribution in [1.29, 1.82) is 0 Å². The molecular formula is C14H27NO15S. The standard InChI is InChI=1S/C8H15NO6.C6H12O9S/c1-4(12)9-5(2-10)7(14)8(15)6(13)3-11;7-1-3(8)5(10)6(11)4(9)2-15-16(12,13)14/h2,5-8,11,13-15H,3H2,1H3,(H,9,12);1,3-6,8-11H,2H2,(H,12,13,14)/t5-,6-,7-,8-;3-,4+,5+,6+/m10/s1. The third-order valence-electron chi connectivity index (χ3n) is 3.44. The molecule has 0 rings (SSSR count). The Hall–Kier alpha value is -1.64. The molecule has 17 heteroatoms. The molecule has 0 aliphatic rings. The molecule has 0 saturated carbocycles. The lowest BCUT2D eigenvalue weighted by atomic mass is 10.0. The van der Waals surface area contributed by atoms with Gasteiger partial charge < -0.3 is 55.8 Å². The molecule has 0 bridgehead atoms. The zero-order valence-corrected chi connectivity index (χ0v) is 16.9. The molecule has 0 fully saturated rings. The van der Waals surface area contributed by atoms with Crippen LogP contribution in [0, 0.1) is 0 Å². The second kappa shape index (κ2) is 15.2. The van der Waals surface area contributed by atoms with Gasteiger partial charge in [0.05, 0.1) is 13.2 Å². The van der Waals surface area contributed by atoms with E-state index < -0.39 is 78.3 Å². The lowest BCUT2D eigenvalue weighted by Crippen LogP contribution is -2.53. The number of aliphatic hydroxyl groups excluding tert-OH is 8. The van der Waals surface area contributed by atoms with Gasteiger partial charge in [-0.3, -0.25) is 9.35 Å². The number of hydrogen-bond donors (Lipinski definition) is 10. The highest BCUT2D eigenvalue weighted by atomic mass is 32.3. The van der Waals surface area contributed by atoms with Crippen molar-refractivity contribution in [2.45, 2.75) is 55.7 Å². The van der Waals surface area contributed by atoms with Gasteiger partial charge in [-0.2, -0.15) is 8.42 Å². The first-order valence-corrected chi connectivity index (χ1v) is 9.66. The van der Waals surface area contributed by atoms with Gasteiger partial charge in [-0.25, -0.2) is 4.18 Å². The summed E-state index contributed by atoms with van der Waals surface area (Å²) in [4.78, 5) is 31.1. The summed E-state index contributed by atoms with van der Waals surface area (Å²) in [5.41, 5.74) is 0. The van der Waals surface area contributed by atoms with Gasteiger partial charge in [0.15, 0.2) is 6.29 Å². The van der Waals surface area contributed by atoms with Crippen LogP contribution in [0.3, 0.4) is 0 Å². The fourth-order valence-electron chi connectivity index (χ4n) is 1.75. The molecule has 0 aliphatic carbocycles. The van der Waals surface area contributed by atoms with E-state index >= 15 is 0 Å². The van der Waals surface area contributed by atoms with E-state index in [1.54, 1.807) is 0 Å². The first-order chi connectivity index (χ1) is 14.1. The van der Waals surface area contributed by atoms with E-state index in [1.165, 1.54) is 0 Å². The Labute approximate surface area is 176 Å². The molecule has 31 heavy (non-hydrogen) atoms. The van der Waals surface area contributed by atoms with Gasteiger partial charge in [-0.05, 0) is 0 Å². The molecule has 0 aliphatic heterocycles. The van der Waals surface area contributed by atoms with Crippen LogP contribution >= 0.6 is 0 Å². The zero-order chi connectivity index (χ0) is 24.9. The highest BCUT2D eigenvalue weighted by Gasteiger charge is 2.32. The van der Waals surface area contributed by atoms with E-state index in [9.17, 15) is 33.0 Å². The van der Waals surface area contributed by atoms with Gasteiger partial charge in [-0.15, -0.1) is 0 Å². The quantitative estimate of drug-likeness (QED) is 0.0863. The summed E-state index contributed by atoms with van der Waals surface area (Å²) in [7, 11) is -4.79. The summed E-state index contributed by atoms with van der Waals surface area (Å²) in [6, 6.07) is -1.32. The lowest BCUT2D eigenvalue weighted by molar-refractivity contribution is -0.135. The van der Waals surface area contributed by atoms with Crippen molar-refractivity contribution in [2.24, 2.45) is 0 Å². The fraction of sp³-hybridized carbons (Fsp3) is 0.786. The second-order valence-electron chi connectivity index (χ2n) is 5.98. The average Bonchev–Trinajstić information content (AvgIpc) is 2.71. The molecule has 0 unspecified atom stereocenters. The van der Waals surface area contributed by atoms with Crippen molar-refractivity contribution in [1.82, 2.24) is 5.32 Å². The Morgan fingerprint density at radius 2 is 1.39 bits per heavy atom. The molecule has 0 saturated heterocycles. The predicted molar refractivity (Wildman–Crippen MR) is 96.4 cm³/mol. The Kier molecular flexibility index (Phi) is 15.5. The number of amides is 1. The number of aldehydes is 2. The number of hydrogen-bond acceptors (Lipinski definition) is 14. The first-order valence-electron chi connectivity index (χ1n) is 8.29. The highest BCUT2D eigenvalue weighted by Crippen LogP contribution is 2.06.